The van der Waals surface area contributed by atoms with Crippen LogP contribution in [0.15, 0.2) is 47.0 Å². The van der Waals surface area contributed by atoms with E-state index in [0.717, 1.165) is 40.1 Å². The lowest BCUT2D eigenvalue weighted by atomic mass is 9.99. The molecule has 0 radical (unpaired) electrons. The fourth-order valence-corrected chi connectivity index (χ4v) is 3.42. The Bertz CT molecular complexity index is 976. The van der Waals surface area contributed by atoms with Gasteiger partial charge in [0.05, 0.1) is 6.54 Å². The molecule has 0 N–H and O–H groups in total. The van der Waals surface area contributed by atoms with Crippen molar-refractivity contribution in [2.75, 3.05) is 6.54 Å². The first-order valence-corrected chi connectivity index (χ1v) is 9.00. The summed E-state index contributed by atoms with van der Waals surface area (Å²) in [5, 5.41) is 4.90. The van der Waals surface area contributed by atoms with Gasteiger partial charge in [0.15, 0.2) is 5.76 Å². The van der Waals surface area contributed by atoms with Crippen LogP contribution in [0.2, 0.25) is 5.02 Å². The molecule has 0 unspecified atom stereocenters. The van der Waals surface area contributed by atoms with E-state index >= 15 is 0 Å². The highest BCUT2D eigenvalue weighted by Gasteiger charge is 2.27. The number of carbonyl (C=O) groups is 1. The van der Waals surface area contributed by atoms with Gasteiger partial charge in [-0.05, 0) is 67.8 Å². The lowest BCUT2D eigenvalue weighted by molar-refractivity contribution is 0.0731. The standard InChI is InChI=1S/C21H19ClN2O2/c1-13-3-4-16(11-14(13)2)21(25)24-10-9-18-19(12-24)23-26-20(18)15-5-7-17(22)8-6-15/h3-8,11H,9-10,12H2,1-2H3. The summed E-state index contributed by atoms with van der Waals surface area (Å²) in [7, 11) is 0. The van der Waals surface area contributed by atoms with Crippen molar-refractivity contribution in [2.24, 2.45) is 0 Å². The summed E-state index contributed by atoms with van der Waals surface area (Å²) in [6.45, 7) is 5.19. The number of aryl methyl sites for hydroxylation is 2. The quantitative estimate of drug-likeness (QED) is 0.653. The van der Waals surface area contributed by atoms with E-state index in [9.17, 15) is 4.79 Å². The molecule has 1 aliphatic heterocycles. The number of amides is 1. The fourth-order valence-electron chi connectivity index (χ4n) is 3.29. The highest BCUT2D eigenvalue weighted by atomic mass is 35.5. The van der Waals surface area contributed by atoms with Crippen LogP contribution in [-0.4, -0.2) is 22.5 Å². The lowest BCUT2D eigenvalue weighted by Crippen LogP contribution is -2.36. The smallest absolute Gasteiger partial charge is 0.254 e. The Labute approximate surface area is 157 Å². The lowest BCUT2D eigenvalue weighted by Gasteiger charge is -2.26. The Morgan fingerprint density at radius 1 is 1.12 bits per heavy atom. The number of rotatable bonds is 2. The molecule has 1 amide bonds. The zero-order valence-electron chi connectivity index (χ0n) is 14.8. The Morgan fingerprint density at radius 2 is 1.88 bits per heavy atom. The fraction of sp³-hybridized carbons (Fsp3) is 0.238. The molecule has 3 aromatic rings. The zero-order valence-corrected chi connectivity index (χ0v) is 15.5. The minimum absolute atomic E-state index is 0.0368. The molecule has 132 valence electrons. The zero-order chi connectivity index (χ0) is 18.3. The van der Waals surface area contributed by atoms with Crippen molar-refractivity contribution in [1.82, 2.24) is 10.1 Å². The molecular formula is C21H19ClN2O2. The third-order valence-corrected chi connectivity index (χ3v) is 5.24. The first-order chi connectivity index (χ1) is 12.5. The van der Waals surface area contributed by atoms with E-state index in [0.29, 0.717) is 18.1 Å². The summed E-state index contributed by atoms with van der Waals surface area (Å²) < 4.78 is 5.58. The number of hydrogen-bond acceptors (Lipinski definition) is 3. The Balaban J connectivity index is 1.58. The SMILES string of the molecule is Cc1ccc(C(=O)N2CCc3c(noc3-c3ccc(Cl)cc3)C2)cc1C. The van der Waals surface area contributed by atoms with Crippen LogP contribution in [0, 0.1) is 13.8 Å². The van der Waals surface area contributed by atoms with Gasteiger partial charge in [-0.2, -0.15) is 0 Å². The molecule has 1 aromatic heterocycles. The van der Waals surface area contributed by atoms with Gasteiger partial charge >= 0.3 is 0 Å². The minimum atomic E-state index is 0.0368. The highest BCUT2D eigenvalue weighted by Crippen LogP contribution is 2.31. The minimum Gasteiger partial charge on any atom is -0.356 e. The van der Waals surface area contributed by atoms with E-state index < -0.39 is 0 Å². The monoisotopic (exact) mass is 366 g/mol. The van der Waals surface area contributed by atoms with E-state index in [2.05, 4.69) is 5.16 Å². The average molecular weight is 367 g/mol. The van der Waals surface area contributed by atoms with Crippen LogP contribution < -0.4 is 0 Å². The number of hydrogen-bond donors (Lipinski definition) is 0. The molecule has 0 saturated carbocycles. The third kappa shape index (κ3) is 3.01. The van der Waals surface area contributed by atoms with E-state index in [4.69, 9.17) is 16.1 Å². The molecule has 1 aliphatic rings. The van der Waals surface area contributed by atoms with Crippen LogP contribution in [-0.2, 0) is 13.0 Å². The largest absolute Gasteiger partial charge is 0.356 e. The number of benzene rings is 2. The van der Waals surface area contributed by atoms with Crippen molar-refractivity contribution in [2.45, 2.75) is 26.8 Å². The maximum Gasteiger partial charge on any atom is 0.254 e. The second kappa shape index (κ2) is 6.61. The summed E-state index contributed by atoms with van der Waals surface area (Å²) in [4.78, 5) is 14.7. The molecule has 0 spiro atoms. The molecule has 26 heavy (non-hydrogen) atoms. The first-order valence-electron chi connectivity index (χ1n) is 8.63. The summed E-state index contributed by atoms with van der Waals surface area (Å²) in [5.74, 6) is 0.810. The van der Waals surface area contributed by atoms with Crippen molar-refractivity contribution in [3.05, 3.63) is 75.4 Å². The maximum atomic E-state index is 12.8. The van der Waals surface area contributed by atoms with E-state index in [1.165, 1.54) is 5.56 Å². The number of aromatic nitrogens is 1. The number of nitrogens with zero attached hydrogens (tertiary/aromatic N) is 2. The third-order valence-electron chi connectivity index (χ3n) is 4.99. The molecule has 4 nitrogen and oxygen atoms in total. The van der Waals surface area contributed by atoms with Crippen molar-refractivity contribution >= 4 is 17.5 Å². The average Bonchev–Trinajstić information content (AvgIpc) is 3.07. The Kier molecular flexibility index (Phi) is 4.29. The first kappa shape index (κ1) is 16.9. The summed E-state index contributed by atoms with van der Waals surface area (Å²) >= 11 is 5.96. The topological polar surface area (TPSA) is 46.3 Å². The maximum absolute atomic E-state index is 12.8. The van der Waals surface area contributed by atoms with Gasteiger partial charge in [0.2, 0.25) is 0 Å². The molecule has 4 rings (SSSR count). The molecule has 0 aliphatic carbocycles. The number of halogens is 1. The van der Waals surface area contributed by atoms with Crippen molar-refractivity contribution < 1.29 is 9.32 Å². The van der Waals surface area contributed by atoms with Gasteiger partial charge in [-0.15, -0.1) is 0 Å². The molecule has 0 saturated heterocycles. The van der Waals surface area contributed by atoms with Crippen LogP contribution in [0.1, 0.15) is 32.7 Å². The van der Waals surface area contributed by atoms with Gasteiger partial charge < -0.3 is 9.42 Å². The van der Waals surface area contributed by atoms with Crippen LogP contribution in [0.3, 0.4) is 0 Å². The van der Waals surface area contributed by atoms with Crippen LogP contribution in [0.25, 0.3) is 11.3 Å². The molecule has 0 bridgehead atoms. The van der Waals surface area contributed by atoms with E-state index in [-0.39, 0.29) is 5.91 Å². The van der Waals surface area contributed by atoms with E-state index in [1.54, 1.807) is 0 Å². The molecule has 0 atom stereocenters. The second-order valence-electron chi connectivity index (χ2n) is 6.72. The van der Waals surface area contributed by atoms with Gasteiger partial charge in [-0.1, -0.05) is 22.8 Å². The summed E-state index contributed by atoms with van der Waals surface area (Å²) in [6, 6.07) is 13.4. The van der Waals surface area contributed by atoms with Gasteiger partial charge in [0, 0.05) is 28.3 Å². The predicted molar refractivity (Wildman–Crippen MR) is 101 cm³/mol. The Hall–Kier alpha value is -2.59. The molecule has 5 heteroatoms. The number of fused-ring (bicyclic) bond motifs is 1. The Morgan fingerprint density at radius 3 is 2.62 bits per heavy atom. The van der Waals surface area contributed by atoms with Gasteiger partial charge in [-0.3, -0.25) is 4.79 Å². The molecule has 2 aromatic carbocycles. The molecule has 0 fully saturated rings. The molecular weight excluding hydrogens is 348 g/mol. The van der Waals surface area contributed by atoms with Crippen molar-refractivity contribution in [3.8, 4) is 11.3 Å². The summed E-state index contributed by atoms with van der Waals surface area (Å²) in [6.07, 6.45) is 0.730. The van der Waals surface area contributed by atoms with Crippen molar-refractivity contribution in [3.63, 3.8) is 0 Å². The van der Waals surface area contributed by atoms with Crippen LogP contribution in [0.4, 0.5) is 0 Å². The number of carbonyl (C=O) groups excluding carboxylic acids is 1. The van der Waals surface area contributed by atoms with Gasteiger partial charge in [-0.25, -0.2) is 0 Å². The summed E-state index contributed by atoms with van der Waals surface area (Å²) in [5.41, 5.74) is 5.90. The predicted octanol–water partition coefficient (Wildman–Crippen LogP) is 4.81. The van der Waals surface area contributed by atoms with Crippen LogP contribution in [0.5, 0.6) is 0 Å². The van der Waals surface area contributed by atoms with Crippen molar-refractivity contribution in [1.29, 1.82) is 0 Å². The normalized spacial score (nSPS) is 13.6. The second-order valence-corrected chi connectivity index (χ2v) is 7.16. The molecule has 2 heterocycles. The van der Waals surface area contributed by atoms with Gasteiger partial charge in [0.25, 0.3) is 5.91 Å². The van der Waals surface area contributed by atoms with E-state index in [1.807, 2.05) is 61.2 Å². The van der Waals surface area contributed by atoms with Gasteiger partial charge in [0.1, 0.15) is 5.69 Å². The van der Waals surface area contributed by atoms with Crippen LogP contribution >= 0.6 is 11.6 Å². The highest BCUT2D eigenvalue weighted by molar-refractivity contribution is 6.30.